The first-order chi connectivity index (χ1) is 10.3. The Labute approximate surface area is 138 Å². The number of likely N-dealkylation sites (N-methyl/N-ethyl adjacent to an activating group) is 1. The van der Waals surface area contributed by atoms with Crippen LogP contribution >= 0.6 is 22.9 Å². The molecule has 1 saturated heterocycles. The summed E-state index contributed by atoms with van der Waals surface area (Å²) in [5.41, 5.74) is 0. The Balaban J connectivity index is 1.96. The van der Waals surface area contributed by atoms with Gasteiger partial charge in [-0.15, -0.1) is 11.3 Å². The van der Waals surface area contributed by atoms with Gasteiger partial charge < -0.3 is 10.2 Å². The van der Waals surface area contributed by atoms with Gasteiger partial charge in [0.2, 0.25) is 5.91 Å². The Kier molecular flexibility index (Phi) is 5.08. The molecular weight excluding hydrogens is 326 g/mol. The summed E-state index contributed by atoms with van der Waals surface area (Å²) < 4.78 is 0.657. The first kappa shape index (κ1) is 16.8. The van der Waals surface area contributed by atoms with Crippen molar-refractivity contribution in [1.29, 1.82) is 0 Å². The summed E-state index contributed by atoms with van der Waals surface area (Å²) in [5, 5.41) is 2.60. The molecule has 0 spiro atoms. The highest BCUT2D eigenvalue weighted by molar-refractivity contribution is 7.16. The zero-order valence-electron chi connectivity index (χ0n) is 12.6. The fourth-order valence-electron chi connectivity index (χ4n) is 2.16. The fraction of sp³-hybridized carbons (Fsp3) is 0.500. The molecule has 1 fully saturated rings. The number of carbonyl (C=O) groups is 3. The normalized spacial score (nSPS) is 18.0. The van der Waals surface area contributed by atoms with Crippen molar-refractivity contribution in [3.8, 4) is 0 Å². The predicted molar refractivity (Wildman–Crippen MR) is 84.7 cm³/mol. The molecule has 1 aromatic heterocycles. The Morgan fingerprint density at radius 3 is 2.64 bits per heavy atom. The quantitative estimate of drug-likeness (QED) is 0.830. The molecule has 0 bridgehead atoms. The Bertz CT molecular complexity index is 602. The lowest BCUT2D eigenvalue weighted by molar-refractivity contribution is -0.137. The number of amides is 4. The van der Waals surface area contributed by atoms with Crippen LogP contribution in [0.3, 0.4) is 0 Å². The molecular formula is C14H18ClN3O3S. The van der Waals surface area contributed by atoms with Gasteiger partial charge in [0, 0.05) is 11.9 Å². The minimum absolute atomic E-state index is 0.0115. The van der Waals surface area contributed by atoms with Crippen LogP contribution in [0.2, 0.25) is 4.34 Å². The number of nitrogens with zero attached hydrogens (tertiary/aromatic N) is 2. The number of urea groups is 1. The van der Waals surface area contributed by atoms with E-state index in [0.29, 0.717) is 10.9 Å². The van der Waals surface area contributed by atoms with Crippen molar-refractivity contribution in [1.82, 2.24) is 15.1 Å². The van der Waals surface area contributed by atoms with Gasteiger partial charge in [-0.2, -0.15) is 0 Å². The average molecular weight is 344 g/mol. The summed E-state index contributed by atoms with van der Waals surface area (Å²) in [6.07, 6.45) is 0. The molecule has 0 aliphatic carbocycles. The molecule has 4 amide bonds. The third-order valence-corrected chi connectivity index (χ3v) is 4.68. The summed E-state index contributed by atoms with van der Waals surface area (Å²) in [6, 6.07) is 2.55. The maximum absolute atomic E-state index is 12.2. The summed E-state index contributed by atoms with van der Waals surface area (Å²) >= 11 is 7.25. The number of thiophene rings is 1. The van der Waals surface area contributed by atoms with E-state index in [9.17, 15) is 14.4 Å². The van der Waals surface area contributed by atoms with Gasteiger partial charge in [-0.05, 0) is 18.1 Å². The highest BCUT2D eigenvalue weighted by Crippen LogP contribution is 2.22. The average Bonchev–Trinajstić information content (AvgIpc) is 2.96. The predicted octanol–water partition coefficient (Wildman–Crippen LogP) is 1.94. The lowest BCUT2D eigenvalue weighted by Gasteiger charge is -2.20. The van der Waals surface area contributed by atoms with Crippen molar-refractivity contribution >= 4 is 40.8 Å². The molecule has 1 aromatic rings. The number of hydrogen-bond acceptors (Lipinski definition) is 4. The molecule has 1 N–H and O–H groups in total. The summed E-state index contributed by atoms with van der Waals surface area (Å²) in [4.78, 5) is 39.6. The molecule has 1 atom stereocenters. The van der Waals surface area contributed by atoms with Gasteiger partial charge in [-0.1, -0.05) is 25.4 Å². The van der Waals surface area contributed by atoms with E-state index in [1.165, 1.54) is 16.2 Å². The second-order valence-corrected chi connectivity index (χ2v) is 7.35. The van der Waals surface area contributed by atoms with Crippen LogP contribution in [0.4, 0.5) is 4.79 Å². The zero-order valence-corrected chi connectivity index (χ0v) is 14.2. The van der Waals surface area contributed by atoms with E-state index in [0.717, 1.165) is 9.78 Å². The largest absolute Gasteiger partial charge is 0.339 e. The highest BCUT2D eigenvalue weighted by Gasteiger charge is 2.40. The van der Waals surface area contributed by atoms with Crippen molar-refractivity contribution in [3.63, 3.8) is 0 Å². The first-order valence-corrected chi connectivity index (χ1v) is 8.09. The summed E-state index contributed by atoms with van der Waals surface area (Å²) in [5.74, 6) is -0.652. The van der Waals surface area contributed by atoms with E-state index in [-0.39, 0.29) is 24.3 Å². The molecule has 22 heavy (non-hydrogen) atoms. The number of carbonyl (C=O) groups excluding carboxylic acids is 3. The molecule has 1 unspecified atom stereocenters. The Morgan fingerprint density at radius 2 is 2.14 bits per heavy atom. The van der Waals surface area contributed by atoms with Crippen LogP contribution in [0.5, 0.6) is 0 Å². The van der Waals surface area contributed by atoms with E-state index >= 15 is 0 Å². The van der Waals surface area contributed by atoms with Crippen LogP contribution in [-0.4, -0.2) is 47.3 Å². The van der Waals surface area contributed by atoms with Gasteiger partial charge in [0.05, 0.1) is 10.9 Å². The first-order valence-electron chi connectivity index (χ1n) is 6.89. The topological polar surface area (TPSA) is 69.7 Å². The van der Waals surface area contributed by atoms with Crippen LogP contribution in [-0.2, 0) is 16.1 Å². The highest BCUT2D eigenvalue weighted by atomic mass is 35.5. The second kappa shape index (κ2) is 6.66. The van der Waals surface area contributed by atoms with Crippen LogP contribution in [0.25, 0.3) is 0 Å². The summed E-state index contributed by atoms with van der Waals surface area (Å²) in [6.45, 7) is 3.85. The maximum Gasteiger partial charge on any atom is 0.325 e. The minimum Gasteiger partial charge on any atom is -0.339 e. The smallest absolute Gasteiger partial charge is 0.325 e. The SMILES string of the molecule is CC(C)C1NC(=O)N(CC(=O)N(C)Cc2ccc(Cl)s2)C1=O. The van der Waals surface area contributed by atoms with E-state index in [4.69, 9.17) is 11.6 Å². The van der Waals surface area contributed by atoms with Gasteiger partial charge in [0.15, 0.2) is 0 Å². The molecule has 6 nitrogen and oxygen atoms in total. The van der Waals surface area contributed by atoms with Crippen LogP contribution < -0.4 is 5.32 Å². The molecule has 2 rings (SSSR count). The number of halogens is 1. The summed E-state index contributed by atoms with van der Waals surface area (Å²) in [7, 11) is 1.63. The third kappa shape index (κ3) is 3.59. The van der Waals surface area contributed by atoms with Gasteiger partial charge >= 0.3 is 6.03 Å². The molecule has 0 aromatic carbocycles. The molecule has 120 valence electrons. The molecule has 1 aliphatic heterocycles. The second-order valence-electron chi connectivity index (χ2n) is 5.55. The number of rotatable bonds is 5. The number of imide groups is 1. The fourth-order valence-corrected chi connectivity index (χ4v) is 3.30. The maximum atomic E-state index is 12.2. The van der Waals surface area contributed by atoms with Crippen molar-refractivity contribution in [3.05, 3.63) is 21.3 Å². The van der Waals surface area contributed by atoms with E-state index in [2.05, 4.69) is 5.32 Å². The Morgan fingerprint density at radius 1 is 1.45 bits per heavy atom. The lowest BCUT2D eigenvalue weighted by Crippen LogP contribution is -2.42. The molecule has 1 aliphatic rings. The molecule has 8 heteroatoms. The number of hydrogen-bond donors (Lipinski definition) is 1. The van der Waals surface area contributed by atoms with Crippen molar-refractivity contribution in [2.75, 3.05) is 13.6 Å². The van der Waals surface area contributed by atoms with Crippen molar-refractivity contribution < 1.29 is 14.4 Å². The monoisotopic (exact) mass is 343 g/mol. The minimum atomic E-state index is -0.554. The van der Waals surface area contributed by atoms with Crippen LogP contribution in [0.1, 0.15) is 18.7 Å². The van der Waals surface area contributed by atoms with Gasteiger partial charge in [0.25, 0.3) is 5.91 Å². The van der Waals surface area contributed by atoms with E-state index < -0.39 is 12.1 Å². The van der Waals surface area contributed by atoms with E-state index in [1.807, 2.05) is 19.9 Å². The lowest BCUT2D eigenvalue weighted by atomic mass is 10.1. The standard InChI is InChI=1S/C14H18ClN3O3S/c1-8(2)12-13(20)18(14(21)16-12)7-11(19)17(3)6-9-4-5-10(15)22-9/h4-5,8,12H,6-7H2,1-3H3,(H,16,21). The Hall–Kier alpha value is -1.60. The van der Waals surface area contributed by atoms with Crippen LogP contribution in [0.15, 0.2) is 12.1 Å². The third-order valence-electron chi connectivity index (χ3n) is 3.46. The van der Waals surface area contributed by atoms with Gasteiger partial charge in [0.1, 0.15) is 12.6 Å². The zero-order chi connectivity index (χ0) is 16.4. The number of nitrogens with one attached hydrogen (secondary N) is 1. The molecule has 0 saturated carbocycles. The van der Waals surface area contributed by atoms with Crippen LogP contribution in [0, 0.1) is 5.92 Å². The van der Waals surface area contributed by atoms with Gasteiger partial charge in [-0.25, -0.2) is 4.79 Å². The van der Waals surface area contributed by atoms with E-state index in [1.54, 1.807) is 13.1 Å². The van der Waals surface area contributed by atoms with Crippen molar-refractivity contribution in [2.24, 2.45) is 5.92 Å². The van der Waals surface area contributed by atoms with Gasteiger partial charge in [-0.3, -0.25) is 14.5 Å². The molecule has 2 heterocycles. The van der Waals surface area contributed by atoms with Crippen molar-refractivity contribution in [2.45, 2.75) is 26.4 Å². The molecule has 0 radical (unpaired) electrons.